The van der Waals surface area contributed by atoms with E-state index in [0.717, 1.165) is 44.5 Å². The number of rotatable bonds is 4. The molecule has 2 aliphatic rings. The smallest absolute Gasteiger partial charge is 0.410 e. The van der Waals surface area contributed by atoms with E-state index in [1.54, 1.807) is 4.68 Å². The third-order valence-electron chi connectivity index (χ3n) is 5.17. The predicted octanol–water partition coefficient (Wildman–Crippen LogP) is 2.47. The minimum atomic E-state index is -0.432. The Hall–Kier alpha value is -1.76. The monoisotopic (exact) mass is 350 g/mol. The summed E-state index contributed by atoms with van der Waals surface area (Å²) in [4.78, 5) is 14.0. The summed E-state index contributed by atoms with van der Waals surface area (Å²) in [6.07, 6.45) is 7.94. The first-order valence-electron chi connectivity index (χ1n) is 9.16. The van der Waals surface area contributed by atoms with E-state index in [1.807, 2.05) is 38.1 Å². The van der Waals surface area contributed by atoms with Crippen LogP contribution in [0.5, 0.6) is 0 Å². The number of amides is 1. The van der Waals surface area contributed by atoms with Crippen molar-refractivity contribution in [3.63, 3.8) is 0 Å². The molecule has 1 spiro atoms. The first-order chi connectivity index (χ1) is 11.8. The number of carbonyl (C=O) groups excluding carboxylic acids is 1. The number of nitrogens with one attached hydrogen (secondary N) is 1. The molecule has 1 aromatic heterocycles. The molecule has 2 N–H and O–H groups in total. The van der Waals surface area contributed by atoms with Crippen molar-refractivity contribution in [1.82, 2.24) is 14.7 Å². The topological polar surface area (TPSA) is 79.6 Å². The van der Waals surface area contributed by atoms with E-state index in [4.69, 9.17) is 9.84 Å². The molecule has 3 rings (SSSR count). The number of aliphatic hydroxyl groups excluding tert-OH is 1. The molecule has 140 valence electrons. The normalized spacial score (nSPS) is 20.4. The van der Waals surface area contributed by atoms with Crippen LogP contribution in [0.3, 0.4) is 0 Å². The van der Waals surface area contributed by atoms with Crippen LogP contribution in [0.2, 0.25) is 0 Å². The van der Waals surface area contributed by atoms with Crippen LogP contribution in [-0.4, -0.2) is 57.2 Å². The van der Waals surface area contributed by atoms with Crippen molar-refractivity contribution in [1.29, 1.82) is 0 Å². The van der Waals surface area contributed by atoms with Crippen LogP contribution < -0.4 is 5.32 Å². The number of aliphatic hydroxyl groups is 1. The molecule has 0 radical (unpaired) electrons. The van der Waals surface area contributed by atoms with E-state index in [0.29, 0.717) is 18.0 Å². The molecule has 7 nitrogen and oxygen atoms in total. The number of carbonyl (C=O) groups is 1. The second-order valence-corrected chi connectivity index (χ2v) is 8.43. The average molecular weight is 350 g/mol. The predicted molar refractivity (Wildman–Crippen MR) is 95.4 cm³/mol. The maximum absolute atomic E-state index is 12.2. The van der Waals surface area contributed by atoms with E-state index >= 15 is 0 Å². The van der Waals surface area contributed by atoms with Crippen molar-refractivity contribution in [2.45, 2.75) is 64.6 Å². The minimum Gasteiger partial charge on any atom is -0.444 e. The van der Waals surface area contributed by atoms with Crippen LogP contribution in [0.25, 0.3) is 0 Å². The van der Waals surface area contributed by atoms with E-state index < -0.39 is 5.60 Å². The van der Waals surface area contributed by atoms with Gasteiger partial charge in [0.05, 0.1) is 25.0 Å². The van der Waals surface area contributed by atoms with Crippen LogP contribution in [-0.2, 0) is 11.3 Å². The lowest BCUT2D eigenvalue weighted by Gasteiger charge is -2.52. The van der Waals surface area contributed by atoms with Crippen molar-refractivity contribution in [2.24, 2.45) is 5.41 Å². The summed E-state index contributed by atoms with van der Waals surface area (Å²) in [5, 5.41) is 16.7. The Morgan fingerprint density at radius 3 is 2.68 bits per heavy atom. The highest BCUT2D eigenvalue weighted by atomic mass is 16.6. The summed E-state index contributed by atoms with van der Waals surface area (Å²) < 4.78 is 7.21. The highest BCUT2D eigenvalue weighted by Gasteiger charge is 2.46. The van der Waals surface area contributed by atoms with Gasteiger partial charge in [-0.05, 0) is 51.9 Å². The molecule has 1 aliphatic carbocycles. The summed E-state index contributed by atoms with van der Waals surface area (Å²) in [6, 6.07) is 0.472. The Labute approximate surface area is 149 Å². The van der Waals surface area contributed by atoms with Crippen LogP contribution in [0.15, 0.2) is 12.4 Å². The summed E-state index contributed by atoms with van der Waals surface area (Å²) in [5.74, 6) is 0. The summed E-state index contributed by atoms with van der Waals surface area (Å²) in [5.41, 5.74) is 0.953. The molecule has 7 heteroatoms. The van der Waals surface area contributed by atoms with Gasteiger partial charge in [-0.2, -0.15) is 5.10 Å². The highest BCUT2D eigenvalue weighted by molar-refractivity contribution is 5.68. The average Bonchev–Trinajstić information content (AvgIpc) is 2.92. The molecule has 1 saturated heterocycles. The highest BCUT2D eigenvalue weighted by Crippen LogP contribution is 2.50. The van der Waals surface area contributed by atoms with E-state index in [2.05, 4.69) is 10.4 Å². The quantitative estimate of drug-likeness (QED) is 0.872. The zero-order valence-corrected chi connectivity index (χ0v) is 15.5. The Bertz CT molecular complexity index is 592. The summed E-state index contributed by atoms with van der Waals surface area (Å²) >= 11 is 0. The molecular formula is C18H30N4O3. The van der Waals surface area contributed by atoms with Gasteiger partial charge in [-0.25, -0.2) is 4.79 Å². The van der Waals surface area contributed by atoms with Gasteiger partial charge in [-0.3, -0.25) is 4.68 Å². The zero-order valence-electron chi connectivity index (χ0n) is 15.5. The molecule has 1 saturated carbocycles. The number of hydrogen-bond donors (Lipinski definition) is 2. The molecule has 2 fully saturated rings. The SMILES string of the molecule is CC(C)(C)OC(=O)N1CCC2(CC1)CC(Nc1cnn(CCO)c1)C2. The van der Waals surface area contributed by atoms with Crippen molar-refractivity contribution in [2.75, 3.05) is 25.0 Å². The third kappa shape index (κ3) is 4.45. The van der Waals surface area contributed by atoms with Gasteiger partial charge in [0.15, 0.2) is 0 Å². The van der Waals surface area contributed by atoms with Crippen molar-refractivity contribution >= 4 is 11.8 Å². The lowest BCUT2D eigenvalue weighted by atomic mass is 9.60. The number of anilines is 1. The van der Waals surface area contributed by atoms with Crippen molar-refractivity contribution in [3.8, 4) is 0 Å². The van der Waals surface area contributed by atoms with E-state index in [1.165, 1.54) is 0 Å². The van der Waals surface area contributed by atoms with Gasteiger partial charge in [0.25, 0.3) is 0 Å². The Kier molecular flexibility index (Phi) is 4.95. The van der Waals surface area contributed by atoms with E-state index in [9.17, 15) is 4.79 Å². The van der Waals surface area contributed by atoms with Crippen LogP contribution in [0.4, 0.5) is 10.5 Å². The van der Waals surface area contributed by atoms with Gasteiger partial charge in [0.2, 0.25) is 0 Å². The fourth-order valence-corrected chi connectivity index (χ4v) is 3.88. The molecule has 0 atom stereocenters. The van der Waals surface area contributed by atoms with Gasteiger partial charge in [0, 0.05) is 25.3 Å². The zero-order chi connectivity index (χ0) is 18.1. The number of likely N-dealkylation sites (tertiary alicyclic amines) is 1. The molecular weight excluding hydrogens is 320 g/mol. The number of nitrogens with zero attached hydrogens (tertiary/aromatic N) is 3. The summed E-state index contributed by atoms with van der Waals surface area (Å²) in [7, 11) is 0. The lowest BCUT2D eigenvalue weighted by Crippen LogP contribution is -2.53. The fourth-order valence-electron chi connectivity index (χ4n) is 3.88. The third-order valence-corrected chi connectivity index (χ3v) is 5.17. The number of aromatic nitrogens is 2. The van der Waals surface area contributed by atoms with Crippen LogP contribution >= 0.6 is 0 Å². The van der Waals surface area contributed by atoms with Crippen LogP contribution in [0.1, 0.15) is 46.5 Å². The van der Waals surface area contributed by atoms with Gasteiger partial charge in [0.1, 0.15) is 5.60 Å². The second kappa shape index (κ2) is 6.86. The Morgan fingerprint density at radius 2 is 2.08 bits per heavy atom. The maximum Gasteiger partial charge on any atom is 0.410 e. The molecule has 0 unspecified atom stereocenters. The number of piperidine rings is 1. The largest absolute Gasteiger partial charge is 0.444 e. The Morgan fingerprint density at radius 1 is 1.40 bits per heavy atom. The van der Waals surface area contributed by atoms with Crippen molar-refractivity contribution in [3.05, 3.63) is 12.4 Å². The number of hydrogen-bond acceptors (Lipinski definition) is 5. The van der Waals surface area contributed by atoms with Gasteiger partial charge >= 0.3 is 6.09 Å². The number of ether oxygens (including phenoxy) is 1. The molecule has 25 heavy (non-hydrogen) atoms. The van der Waals surface area contributed by atoms with E-state index in [-0.39, 0.29) is 12.7 Å². The van der Waals surface area contributed by atoms with Gasteiger partial charge in [-0.1, -0.05) is 0 Å². The fraction of sp³-hybridized carbons (Fsp3) is 0.778. The molecule has 2 heterocycles. The molecule has 1 aliphatic heterocycles. The first kappa shape index (κ1) is 18.0. The Balaban J connectivity index is 1.42. The molecule has 0 bridgehead atoms. The summed E-state index contributed by atoms with van der Waals surface area (Å²) in [6.45, 7) is 7.91. The molecule has 1 amide bonds. The molecule has 0 aromatic carbocycles. The molecule has 1 aromatic rings. The van der Waals surface area contributed by atoms with Crippen LogP contribution in [0, 0.1) is 5.41 Å². The lowest BCUT2D eigenvalue weighted by molar-refractivity contribution is -0.00859. The first-order valence-corrected chi connectivity index (χ1v) is 9.16. The second-order valence-electron chi connectivity index (χ2n) is 8.43. The maximum atomic E-state index is 12.2. The standard InChI is InChI=1S/C18H30N4O3/c1-17(2,3)25-16(24)21-6-4-18(5-7-21)10-14(11-18)20-15-12-19-22(13-15)8-9-23/h12-14,20,23H,4-11H2,1-3H3. The van der Waals surface area contributed by atoms with Gasteiger partial charge < -0.3 is 20.1 Å². The minimum absolute atomic E-state index is 0.0990. The van der Waals surface area contributed by atoms with Crippen molar-refractivity contribution < 1.29 is 14.6 Å². The van der Waals surface area contributed by atoms with Gasteiger partial charge in [-0.15, -0.1) is 0 Å².